The summed E-state index contributed by atoms with van der Waals surface area (Å²) in [5.74, 6) is -0.729. The molecule has 1 spiro atoms. The Morgan fingerprint density at radius 1 is 1.28 bits per heavy atom. The molecular weight excluding hydrogens is 230 g/mol. The maximum Gasteiger partial charge on any atom is 0.335 e. The van der Waals surface area contributed by atoms with Crippen LogP contribution in [0.25, 0.3) is 0 Å². The van der Waals surface area contributed by atoms with Crippen LogP contribution in [-0.4, -0.2) is 23.5 Å². The standard InChI is InChI=1S/C14H15NO3/c16-12(17)10-1-2-11-8-14(4-3-9(11)7-10)5-6-15-13(14)18/h1-2,7H,3-6,8H2,(H,15,18)(H,16,17)/t14-/m1/s1. The normalized spacial score (nSPS) is 25.9. The van der Waals surface area contributed by atoms with E-state index in [9.17, 15) is 9.59 Å². The van der Waals surface area contributed by atoms with E-state index >= 15 is 0 Å². The molecule has 1 fully saturated rings. The number of nitrogens with one attached hydrogen (secondary N) is 1. The van der Waals surface area contributed by atoms with Crippen molar-refractivity contribution in [1.29, 1.82) is 0 Å². The van der Waals surface area contributed by atoms with Crippen molar-refractivity contribution in [1.82, 2.24) is 5.32 Å². The van der Waals surface area contributed by atoms with Gasteiger partial charge in [-0.25, -0.2) is 4.79 Å². The zero-order valence-electron chi connectivity index (χ0n) is 10.0. The maximum absolute atomic E-state index is 11.9. The highest BCUT2D eigenvalue weighted by atomic mass is 16.4. The number of hydrogen-bond donors (Lipinski definition) is 2. The highest BCUT2D eigenvalue weighted by Gasteiger charge is 2.44. The molecule has 1 atom stereocenters. The van der Waals surface area contributed by atoms with Gasteiger partial charge in [0.15, 0.2) is 0 Å². The van der Waals surface area contributed by atoms with Crippen LogP contribution in [0.15, 0.2) is 18.2 Å². The van der Waals surface area contributed by atoms with E-state index in [1.807, 2.05) is 6.07 Å². The first-order valence-corrected chi connectivity index (χ1v) is 6.24. The second-order valence-corrected chi connectivity index (χ2v) is 5.25. The van der Waals surface area contributed by atoms with Gasteiger partial charge in [0.2, 0.25) is 5.91 Å². The number of benzene rings is 1. The first-order valence-electron chi connectivity index (χ1n) is 6.24. The Bertz CT molecular complexity index is 538. The molecule has 1 saturated heterocycles. The molecule has 0 saturated carbocycles. The van der Waals surface area contributed by atoms with Gasteiger partial charge in [-0.3, -0.25) is 4.79 Å². The van der Waals surface area contributed by atoms with Crippen molar-refractivity contribution in [3.05, 3.63) is 34.9 Å². The summed E-state index contributed by atoms with van der Waals surface area (Å²) in [5, 5.41) is 11.9. The van der Waals surface area contributed by atoms with Gasteiger partial charge < -0.3 is 10.4 Å². The molecule has 94 valence electrons. The van der Waals surface area contributed by atoms with E-state index in [2.05, 4.69) is 5.32 Å². The minimum atomic E-state index is -0.892. The van der Waals surface area contributed by atoms with Crippen LogP contribution < -0.4 is 5.32 Å². The molecular formula is C14H15NO3. The molecule has 1 amide bonds. The zero-order valence-corrected chi connectivity index (χ0v) is 10.0. The third kappa shape index (κ3) is 1.60. The molecule has 2 aliphatic rings. The molecule has 0 radical (unpaired) electrons. The van der Waals surface area contributed by atoms with Gasteiger partial charge in [0.1, 0.15) is 0 Å². The average Bonchev–Trinajstić information content (AvgIpc) is 2.70. The van der Waals surface area contributed by atoms with E-state index in [0.717, 1.165) is 43.4 Å². The van der Waals surface area contributed by atoms with Crippen molar-refractivity contribution in [3.8, 4) is 0 Å². The van der Waals surface area contributed by atoms with Gasteiger partial charge in [-0.05, 0) is 48.9 Å². The average molecular weight is 245 g/mol. The van der Waals surface area contributed by atoms with Crippen LogP contribution in [0.4, 0.5) is 0 Å². The lowest BCUT2D eigenvalue weighted by Gasteiger charge is -2.32. The Balaban J connectivity index is 1.94. The summed E-state index contributed by atoms with van der Waals surface area (Å²) in [6, 6.07) is 5.25. The van der Waals surface area contributed by atoms with Gasteiger partial charge in [0.25, 0.3) is 0 Å². The Kier molecular flexibility index (Phi) is 2.40. The van der Waals surface area contributed by atoms with Crippen LogP contribution in [0.2, 0.25) is 0 Å². The molecule has 1 aliphatic carbocycles. The molecule has 0 aromatic heterocycles. The molecule has 4 nitrogen and oxygen atoms in total. The summed E-state index contributed by atoms with van der Waals surface area (Å²) in [6.07, 6.45) is 3.26. The third-order valence-corrected chi connectivity index (χ3v) is 4.23. The molecule has 3 rings (SSSR count). The Morgan fingerprint density at radius 3 is 2.78 bits per heavy atom. The predicted molar refractivity (Wildman–Crippen MR) is 65.5 cm³/mol. The van der Waals surface area contributed by atoms with Crippen molar-refractivity contribution in [2.75, 3.05) is 6.54 Å². The van der Waals surface area contributed by atoms with E-state index in [4.69, 9.17) is 5.11 Å². The zero-order chi connectivity index (χ0) is 12.8. The fourth-order valence-electron chi connectivity index (χ4n) is 3.11. The second kappa shape index (κ2) is 3.83. The molecule has 1 aliphatic heterocycles. The molecule has 0 unspecified atom stereocenters. The summed E-state index contributed by atoms with van der Waals surface area (Å²) in [7, 11) is 0. The summed E-state index contributed by atoms with van der Waals surface area (Å²) in [6.45, 7) is 0.765. The molecule has 0 bridgehead atoms. The first-order chi connectivity index (χ1) is 8.61. The van der Waals surface area contributed by atoms with Gasteiger partial charge >= 0.3 is 5.97 Å². The largest absolute Gasteiger partial charge is 0.478 e. The van der Waals surface area contributed by atoms with Crippen molar-refractivity contribution in [2.45, 2.75) is 25.7 Å². The third-order valence-electron chi connectivity index (χ3n) is 4.23. The Hall–Kier alpha value is -1.84. The van der Waals surface area contributed by atoms with Crippen LogP contribution in [0.1, 0.15) is 34.3 Å². The van der Waals surface area contributed by atoms with Gasteiger partial charge in [-0.2, -0.15) is 0 Å². The molecule has 18 heavy (non-hydrogen) atoms. The number of aromatic carboxylic acids is 1. The lowest BCUT2D eigenvalue weighted by Crippen LogP contribution is -2.36. The van der Waals surface area contributed by atoms with E-state index in [1.54, 1.807) is 12.1 Å². The first kappa shape index (κ1) is 11.3. The molecule has 1 heterocycles. The summed E-state index contributed by atoms with van der Waals surface area (Å²) < 4.78 is 0. The van der Waals surface area contributed by atoms with E-state index in [0.29, 0.717) is 5.56 Å². The summed E-state index contributed by atoms with van der Waals surface area (Å²) in [5.41, 5.74) is 2.31. The van der Waals surface area contributed by atoms with Gasteiger partial charge in [-0.15, -0.1) is 0 Å². The van der Waals surface area contributed by atoms with Crippen molar-refractivity contribution in [2.24, 2.45) is 5.41 Å². The quantitative estimate of drug-likeness (QED) is 0.785. The number of fused-ring (bicyclic) bond motifs is 1. The molecule has 1 aromatic rings. The summed E-state index contributed by atoms with van der Waals surface area (Å²) in [4.78, 5) is 22.9. The van der Waals surface area contributed by atoms with Crippen LogP contribution in [0, 0.1) is 5.41 Å². The number of hydrogen-bond acceptors (Lipinski definition) is 2. The van der Waals surface area contributed by atoms with Crippen molar-refractivity contribution >= 4 is 11.9 Å². The highest BCUT2D eigenvalue weighted by molar-refractivity contribution is 5.88. The van der Waals surface area contributed by atoms with Crippen LogP contribution >= 0.6 is 0 Å². The minimum Gasteiger partial charge on any atom is -0.478 e. The van der Waals surface area contributed by atoms with Crippen molar-refractivity contribution < 1.29 is 14.7 Å². The predicted octanol–water partition coefficient (Wildman–Crippen LogP) is 1.38. The number of rotatable bonds is 1. The lowest BCUT2D eigenvalue weighted by molar-refractivity contribution is -0.128. The Morgan fingerprint density at radius 2 is 2.11 bits per heavy atom. The van der Waals surface area contributed by atoms with Crippen LogP contribution in [-0.2, 0) is 17.6 Å². The second-order valence-electron chi connectivity index (χ2n) is 5.25. The monoisotopic (exact) mass is 245 g/mol. The summed E-state index contributed by atoms with van der Waals surface area (Å²) >= 11 is 0. The smallest absolute Gasteiger partial charge is 0.335 e. The van der Waals surface area contributed by atoms with E-state index < -0.39 is 5.97 Å². The number of carboxylic acid groups (broad SMARTS) is 1. The van der Waals surface area contributed by atoms with E-state index in [1.165, 1.54) is 0 Å². The SMILES string of the molecule is O=C(O)c1ccc2c(c1)CC[C@@]1(CCNC1=O)C2. The fourth-order valence-corrected chi connectivity index (χ4v) is 3.11. The number of carboxylic acids is 1. The highest BCUT2D eigenvalue weighted by Crippen LogP contribution is 2.41. The van der Waals surface area contributed by atoms with Gasteiger partial charge in [0, 0.05) is 6.54 Å². The van der Waals surface area contributed by atoms with Gasteiger partial charge in [-0.1, -0.05) is 6.07 Å². The van der Waals surface area contributed by atoms with E-state index in [-0.39, 0.29) is 11.3 Å². The van der Waals surface area contributed by atoms with Gasteiger partial charge in [0.05, 0.1) is 11.0 Å². The molecule has 4 heteroatoms. The number of carbonyl (C=O) groups excluding carboxylic acids is 1. The lowest BCUT2D eigenvalue weighted by atomic mass is 9.70. The minimum absolute atomic E-state index is 0.162. The Labute approximate surface area is 105 Å². The van der Waals surface area contributed by atoms with Crippen LogP contribution in [0.3, 0.4) is 0 Å². The number of amides is 1. The maximum atomic E-state index is 11.9. The number of carbonyl (C=O) groups is 2. The fraction of sp³-hybridized carbons (Fsp3) is 0.429. The number of aryl methyl sites for hydroxylation is 1. The molecule has 1 aromatic carbocycles. The molecule has 2 N–H and O–H groups in total. The van der Waals surface area contributed by atoms with Crippen LogP contribution in [0.5, 0.6) is 0 Å². The van der Waals surface area contributed by atoms with Crippen molar-refractivity contribution in [3.63, 3.8) is 0 Å². The topological polar surface area (TPSA) is 66.4 Å².